The highest BCUT2D eigenvalue weighted by Gasteiger charge is 2.48. The molecule has 0 unspecified atom stereocenters. The van der Waals surface area contributed by atoms with Gasteiger partial charge in [0.05, 0.1) is 6.33 Å². The van der Waals surface area contributed by atoms with E-state index in [-0.39, 0.29) is 36.2 Å². The number of imidazole rings is 1. The average Bonchev–Trinajstić information content (AvgIpc) is 3.78. The summed E-state index contributed by atoms with van der Waals surface area (Å²) < 4.78 is 7.19. The number of aromatic nitrogens is 4. The Morgan fingerprint density at radius 3 is 1.91 bits per heavy atom. The number of rotatable bonds is 14. The minimum Gasteiger partial charge on any atom is -0.480 e. The molecule has 1 fully saturated rings. The van der Waals surface area contributed by atoms with Crippen LogP contribution in [0, 0.1) is 0 Å². The van der Waals surface area contributed by atoms with E-state index in [4.69, 9.17) is 10.5 Å². The van der Waals surface area contributed by atoms with Crippen molar-refractivity contribution in [3.05, 3.63) is 132 Å². The number of anilines is 1. The fourth-order valence-electron chi connectivity index (χ4n) is 6.88. The van der Waals surface area contributed by atoms with Crippen molar-refractivity contribution in [2.75, 3.05) is 5.73 Å². The van der Waals surface area contributed by atoms with Crippen molar-refractivity contribution in [2.45, 2.75) is 61.9 Å². The Hall–Kier alpha value is -6.75. The second-order valence-corrected chi connectivity index (χ2v) is 13.8. The van der Waals surface area contributed by atoms with Crippen LogP contribution in [0.2, 0.25) is 0 Å². The Labute approximate surface area is 325 Å². The van der Waals surface area contributed by atoms with Crippen LogP contribution in [-0.4, -0.2) is 95.0 Å². The van der Waals surface area contributed by atoms with E-state index in [0.29, 0.717) is 16.7 Å². The van der Waals surface area contributed by atoms with Crippen LogP contribution in [0.3, 0.4) is 0 Å². The van der Waals surface area contributed by atoms with Gasteiger partial charge >= 0.3 is 5.97 Å². The number of benzene rings is 4. The van der Waals surface area contributed by atoms with Crippen LogP contribution >= 0.6 is 0 Å². The molecule has 2 aromatic heterocycles. The molecule has 1 saturated heterocycles. The summed E-state index contributed by atoms with van der Waals surface area (Å²) in [7, 11) is 0. The summed E-state index contributed by atoms with van der Waals surface area (Å²) in [5, 5.41) is 42.1. The first-order chi connectivity index (χ1) is 27.5. The highest BCUT2D eigenvalue weighted by molar-refractivity contribution is 5.94. The zero-order valence-corrected chi connectivity index (χ0v) is 30.4. The first-order valence-electron chi connectivity index (χ1n) is 18.2. The quantitative estimate of drug-likeness (QED) is 0.0832. The van der Waals surface area contributed by atoms with Crippen LogP contribution in [-0.2, 0) is 43.2 Å². The Morgan fingerprint density at radius 2 is 1.26 bits per heavy atom. The fourth-order valence-corrected chi connectivity index (χ4v) is 6.88. The molecule has 8 N–H and O–H groups in total. The molecular weight excluding hydrogens is 732 g/mol. The van der Waals surface area contributed by atoms with Crippen molar-refractivity contribution in [3.63, 3.8) is 0 Å². The maximum Gasteiger partial charge on any atom is 0.326 e. The SMILES string of the molecule is Nc1ncnc2c1ncn2[C@@H]1O[C@H](C(=O)N[C@@H](Cc2ccccc2)C(=O)N[C@@H](Cc2ccccc2)C(=O)N[C@@H](Cc2ccc3ccccc3c2)C(=O)O)[C@@H](O)[C@H]1O. The maximum absolute atomic E-state index is 14.2. The molecule has 0 saturated carbocycles. The third-order valence-corrected chi connectivity index (χ3v) is 9.86. The van der Waals surface area contributed by atoms with Gasteiger partial charge < -0.3 is 41.7 Å². The molecule has 4 aromatic carbocycles. The second-order valence-electron chi connectivity index (χ2n) is 13.8. The summed E-state index contributed by atoms with van der Waals surface area (Å²) in [4.78, 5) is 66.7. The van der Waals surface area contributed by atoms with E-state index >= 15 is 0 Å². The maximum atomic E-state index is 14.2. The third-order valence-electron chi connectivity index (χ3n) is 9.86. The number of nitrogens with zero attached hydrogens (tertiary/aromatic N) is 4. The van der Waals surface area contributed by atoms with Gasteiger partial charge in [0.1, 0.15) is 42.2 Å². The molecule has 3 heterocycles. The number of carbonyl (C=O) groups is 4. The molecular formula is C41H40N8O8. The zero-order chi connectivity index (χ0) is 40.1. The van der Waals surface area contributed by atoms with Gasteiger partial charge in [0.25, 0.3) is 5.91 Å². The molecule has 292 valence electrons. The van der Waals surface area contributed by atoms with Crippen molar-refractivity contribution >= 4 is 51.4 Å². The lowest BCUT2D eigenvalue weighted by Gasteiger charge is -2.26. The molecule has 0 bridgehead atoms. The summed E-state index contributed by atoms with van der Waals surface area (Å²) in [6, 6.07) is 27.0. The summed E-state index contributed by atoms with van der Waals surface area (Å²) in [6.45, 7) is 0. The lowest BCUT2D eigenvalue weighted by molar-refractivity contribution is -0.143. The predicted molar refractivity (Wildman–Crippen MR) is 207 cm³/mol. The molecule has 7 rings (SSSR count). The van der Waals surface area contributed by atoms with Gasteiger partial charge in [-0.2, -0.15) is 0 Å². The summed E-state index contributed by atoms with van der Waals surface area (Å²) >= 11 is 0. The largest absolute Gasteiger partial charge is 0.480 e. The predicted octanol–water partition coefficient (Wildman–Crippen LogP) is 1.45. The molecule has 1 aliphatic heterocycles. The normalized spacial score (nSPS) is 19.4. The number of fused-ring (bicyclic) bond motifs is 2. The second kappa shape index (κ2) is 16.9. The standard InChI is InChI=1S/C41H40N8O8/c42-35-31-36(44-21-43-35)49(22-45-31)40-33(51)32(50)34(57-40)39(54)47-29(19-24-11-5-2-6-12-24)37(52)46-28(18-23-9-3-1-4-10-23)38(53)48-30(41(55)56)20-25-15-16-26-13-7-8-14-27(26)17-25/h1-17,21-22,28-30,32-34,40,50-51H,18-20H2,(H,46,52)(H,47,54)(H,48,53)(H,55,56)(H2,42,43,44)/t28-,29-,30-,32-,33+,34-,40+/m0/s1. The van der Waals surface area contributed by atoms with Crippen molar-refractivity contribution < 1.29 is 39.2 Å². The number of ether oxygens (including phenoxy) is 1. The van der Waals surface area contributed by atoms with Gasteiger partial charge in [-0.3, -0.25) is 19.0 Å². The Balaban J connectivity index is 1.11. The lowest BCUT2D eigenvalue weighted by Crippen LogP contribution is -2.58. The van der Waals surface area contributed by atoms with Gasteiger partial charge in [-0.15, -0.1) is 0 Å². The van der Waals surface area contributed by atoms with Crippen molar-refractivity contribution in [1.29, 1.82) is 0 Å². The number of aliphatic hydroxyl groups is 2. The molecule has 0 aliphatic carbocycles. The zero-order valence-electron chi connectivity index (χ0n) is 30.4. The highest BCUT2D eigenvalue weighted by atomic mass is 16.6. The van der Waals surface area contributed by atoms with Crippen LogP contribution < -0.4 is 21.7 Å². The average molecular weight is 773 g/mol. The molecule has 16 heteroatoms. The van der Waals surface area contributed by atoms with E-state index in [1.54, 1.807) is 66.7 Å². The van der Waals surface area contributed by atoms with Crippen LogP contribution in [0.25, 0.3) is 21.9 Å². The fraction of sp³-hybridized carbons (Fsp3) is 0.244. The van der Waals surface area contributed by atoms with Gasteiger partial charge in [0, 0.05) is 19.3 Å². The molecule has 57 heavy (non-hydrogen) atoms. The molecule has 0 radical (unpaired) electrons. The van der Waals surface area contributed by atoms with Gasteiger partial charge in [-0.25, -0.2) is 19.7 Å². The summed E-state index contributed by atoms with van der Waals surface area (Å²) in [5.41, 5.74) is 8.37. The molecule has 7 atom stereocenters. The van der Waals surface area contributed by atoms with E-state index in [0.717, 1.165) is 10.8 Å². The van der Waals surface area contributed by atoms with Gasteiger partial charge in [-0.1, -0.05) is 103 Å². The molecule has 0 spiro atoms. The number of hydrogen-bond acceptors (Lipinski definition) is 11. The minimum absolute atomic E-state index is 0.00200. The van der Waals surface area contributed by atoms with Crippen LogP contribution in [0.15, 0.2) is 116 Å². The number of carboxylic acids is 1. The van der Waals surface area contributed by atoms with Crippen LogP contribution in [0.5, 0.6) is 0 Å². The van der Waals surface area contributed by atoms with Crippen molar-refractivity contribution in [2.24, 2.45) is 0 Å². The summed E-state index contributed by atoms with van der Waals surface area (Å²) in [6.07, 6.45) is -3.83. The van der Waals surface area contributed by atoms with Crippen molar-refractivity contribution in [1.82, 2.24) is 35.5 Å². The Kier molecular flexibility index (Phi) is 11.5. The van der Waals surface area contributed by atoms with Crippen LogP contribution in [0.1, 0.15) is 22.9 Å². The highest BCUT2D eigenvalue weighted by Crippen LogP contribution is 2.32. The molecule has 6 aromatic rings. The summed E-state index contributed by atoms with van der Waals surface area (Å²) in [5.74, 6) is -3.60. The number of nitrogens with one attached hydrogen (secondary N) is 3. The van der Waals surface area contributed by atoms with E-state index in [1.165, 1.54) is 17.2 Å². The van der Waals surface area contributed by atoms with Gasteiger partial charge in [0.15, 0.2) is 23.8 Å². The Morgan fingerprint density at radius 1 is 0.684 bits per heavy atom. The minimum atomic E-state index is -1.72. The number of carboxylic acid groups (broad SMARTS) is 1. The first kappa shape index (κ1) is 38.5. The van der Waals surface area contributed by atoms with Crippen LogP contribution in [0.4, 0.5) is 5.82 Å². The third kappa shape index (κ3) is 8.73. The number of carbonyl (C=O) groups excluding carboxylic acids is 3. The van der Waals surface area contributed by atoms with Gasteiger partial charge in [0.2, 0.25) is 11.8 Å². The first-order valence-corrected chi connectivity index (χ1v) is 18.2. The van der Waals surface area contributed by atoms with E-state index < -0.39 is 66.4 Å². The van der Waals surface area contributed by atoms with Crippen molar-refractivity contribution in [3.8, 4) is 0 Å². The topological polar surface area (TPSA) is 244 Å². The Bertz CT molecular complexity index is 2390. The number of hydrogen-bond donors (Lipinski definition) is 7. The number of nitrogen functional groups attached to an aromatic ring is 1. The van der Waals surface area contributed by atoms with E-state index in [9.17, 15) is 34.5 Å². The monoisotopic (exact) mass is 772 g/mol. The van der Waals surface area contributed by atoms with E-state index in [2.05, 4.69) is 30.9 Å². The van der Waals surface area contributed by atoms with Gasteiger partial charge in [-0.05, 0) is 27.5 Å². The lowest BCUT2D eigenvalue weighted by atomic mass is 10.00. The number of amides is 3. The van der Waals surface area contributed by atoms with E-state index in [1.807, 2.05) is 36.4 Å². The molecule has 3 amide bonds. The molecule has 16 nitrogen and oxygen atoms in total. The number of aliphatic hydroxyl groups excluding tert-OH is 2. The molecule has 1 aliphatic rings. The smallest absolute Gasteiger partial charge is 0.326 e. The number of nitrogens with two attached hydrogens (primary N) is 1. The number of aliphatic carboxylic acids is 1.